The van der Waals surface area contributed by atoms with Gasteiger partial charge in [-0.3, -0.25) is 4.79 Å². The van der Waals surface area contributed by atoms with Gasteiger partial charge in [-0.2, -0.15) is 0 Å². The van der Waals surface area contributed by atoms with Crippen molar-refractivity contribution in [2.75, 3.05) is 6.61 Å². The molecule has 0 aromatic rings. The highest BCUT2D eigenvalue weighted by atomic mass is 16.4. The van der Waals surface area contributed by atoms with Crippen molar-refractivity contribution in [1.29, 1.82) is 0 Å². The van der Waals surface area contributed by atoms with Gasteiger partial charge in [0.05, 0.1) is 12.6 Å². The number of carbonyl (C=O) groups is 1. The molecule has 1 rings (SSSR count). The average Bonchev–Trinajstić information content (AvgIpc) is 2.08. The minimum Gasteiger partial charge on any atom is -0.394 e. The molecule has 1 amide bonds. The van der Waals surface area contributed by atoms with Gasteiger partial charge in [-0.1, -0.05) is 0 Å². The predicted octanol–water partition coefficient (Wildman–Crippen LogP) is -3.44. The number of amides is 1. The first kappa shape index (κ1) is 9.40. The molecule has 0 saturated carbocycles. The molecule has 70 valence electrons. The van der Waals surface area contributed by atoms with Crippen LogP contribution in [0.15, 0.2) is 0 Å². The molecule has 0 spiro atoms. The molecule has 4 atom stereocenters. The maximum Gasteiger partial charge on any atom is 0.252 e. The van der Waals surface area contributed by atoms with Crippen molar-refractivity contribution in [2.45, 2.75) is 24.4 Å². The van der Waals surface area contributed by atoms with Crippen molar-refractivity contribution < 1.29 is 25.2 Å². The lowest BCUT2D eigenvalue weighted by molar-refractivity contribution is -0.155. The monoisotopic (exact) mass is 177 g/mol. The van der Waals surface area contributed by atoms with Gasteiger partial charge in [0, 0.05) is 0 Å². The van der Waals surface area contributed by atoms with Gasteiger partial charge in [0.2, 0.25) is 0 Å². The number of aliphatic hydroxyl groups is 4. The summed E-state index contributed by atoms with van der Waals surface area (Å²) < 4.78 is 0. The van der Waals surface area contributed by atoms with Crippen molar-refractivity contribution in [1.82, 2.24) is 5.32 Å². The second-order valence-corrected chi connectivity index (χ2v) is 2.72. The summed E-state index contributed by atoms with van der Waals surface area (Å²) in [6, 6.07) is -0.907. The van der Waals surface area contributed by atoms with Gasteiger partial charge in [-0.25, -0.2) is 0 Å². The van der Waals surface area contributed by atoms with E-state index in [1.165, 1.54) is 0 Å². The Morgan fingerprint density at radius 2 is 1.83 bits per heavy atom. The number of carbonyl (C=O) groups excluding carboxylic acids is 1. The lowest BCUT2D eigenvalue weighted by atomic mass is 9.96. The van der Waals surface area contributed by atoms with Crippen LogP contribution in [0.1, 0.15) is 0 Å². The average molecular weight is 177 g/mol. The van der Waals surface area contributed by atoms with Crippen LogP contribution >= 0.6 is 0 Å². The Morgan fingerprint density at radius 1 is 1.25 bits per heavy atom. The highest BCUT2D eigenvalue weighted by Crippen LogP contribution is 2.10. The molecule has 6 heteroatoms. The van der Waals surface area contributed by atoms with Crippen LogP contribution in [0.2, 0.25) is 0 Å². The zero-order valence-corrected chi connectivity index (χ0v) is 6.21. The number of nitrogens with one attached hydrogen (secondary N) is 1. The van der Waals surface area contributed by atoms with E-state index < -0.39 is 36.9 Å². The van der Waals surface area contributed by atoms with E-state index >= 15 is 0 Å². The molecule has 1 heterocycles. The molecule has 6 nitrogen and oxygen atoms in total. The van der Waals surface area contributed by atoms with Crippen molar-refractivity contribution in [3.63, 3.8) is 0 Å². The zero-order valence-electron chi connectivity index (χ0n) is 6.21. The lowest BCUT2D eigenvalue weighted by Gasteiger charge is -2.34. The summed E-state index contributed by atoms with van der Waals surface area (Å²) >= 11 is 0. The standard InChI is InChI=1S/C6H11NO5/c8-1-2-3(9)4(10)5(11)6(12)7-2/h2-5,8-11H,1H2,(H,7,12)/t2-,3+,4+,5+/m0/s1. The molecular formula is C6H11NO5. The van der Waals surface area contributed by atoms with E-state index in [9.17, 15) is 4.79 Å². The predicted molar refractivity (Wildman–Crippen MR) is 37.0 cm³/mol. The molecule has 5 N–H and O–H groups in total. The second kappa shape index (κ2) is 3.36. The third-order valence-electron chi connectivity index (χ3n) is 1.88. The molecule has 12 heavy (non-hydrogen) atoms. The molecule has 1 aliphatic rings. The highest BCUT2D eigenvalue weighted by Gasteiger charge is 2.40. The quantitative estimate of drug-likeness (QED) is 0.286. The topological polar surface area (TPSA) is 110 Å². The maximum atomic E-state index is 10.8. The first-order valence-electron chi connectivity index (χ1n) is 3.53. The van der Waals surface area contributed by atoms with Crippen molar-refractivity contribution in [3.8, 4) is 0 Å². The van der Waals surface area contributed by atoms with E-state index in [2.05, 4.69) is 5.32 Å². The number of piperidine rings is 1. The first-order valence-corrected chi connectivity index (χ1v) is 3.53. The number of hydrogen-bond donors (Lipinski definition) is 5. The largest absolute Gasteiger partial charge is 0.394 e. The number of hydrogen-bond acceptors (Lipinski definition) is 5. The summed E-state index contributed by atoms with van der Waals surface area (Å²) in [5.74, 6) is -0.785. The van der Waals surface area contributed by atoms with Gasteiger partial charge in [0.1, 0.15) is 12.2 Å². The molecule has 0 unspecified atom stereocenters. The van der Waals surface area contributed by atoms with E-state index in [1.807, 2.05) is 0 Å². The molecule has 0 bridgehead atoms. The van der Waals surface area contributed by atoms with Gasteiger partial charge < -0.3 is 25.7 Å². The van der Waals surface area contributed by atoms with Crippen LogP contribution in [-0.2, 0) is 4.79 Å². The van der Waals surface area contributed by atoms with Gasteiger partial charge in [-0.05, 0) is 0 Å². The van der Waals surface area contributed by atoms with Crippen LogP contribution in [-0.4, -0.2) is 57.3 Å². The lowest BCUT2D eigenvalue weighted by Crippen LogP contribution is -2.63. The SMILES string of the molecule is O=C1N[C@@H](CO)[C@@H](O)[C@@H](O)[C@H]1O. The fourth-order valence-corrected chi connectivity index (χ4v) is 1.09. The van der Waals surface area contributed by atoms with E-state index in [4.69, 9.17) is 20.4 Å². The summed E-state index contributed by atoms with van der Waals surface area (Å²) in [5, 5.41) is 37.9. The fraction of sp³-hybridized carbons (Fsp3) is 0.833. The Bertz CT molecular complexity index is 183. The van der Waals surface area contributed by atoms with E-state index in [0.717, 1.165) is 0 Å². The summed E-state index contributed by atoms with van der Waals surface area (Å²) in [7, 11) is 0. The van der Waals surface area contributed by atoms with Crippen molar-refractivity contribution in [3.05, 3.63) is 0 Å². The molecule has 1 saturated heterocycles. The van der Waals surface area contributed by atoms with Gasteiger partial charge in [0.25, 0.3) is 5.91 Å². The third kappa shape index (κ3) is 1.42. The minimum atomic E-state index is -1.62. The Kier molecular flexibility index (Phi) is 2.63. The molecule has 0 radical (unpaired) electrons. The molecule has 0 aromatic heterocycles. The summed E-state index contributed by atoms with van der Waals surface area (Å²) in [6.45, 7) is -0.476. The first-order chi connectivity index (χ1) is 5.57. The van der Waals surface area contributed by atoms with Gasteiger partial charge >= 0.3 is 0 Å². The molecule has 1 aliphatic heterocycles. The normalized spacial score (nSPS) is 42.5. The molecule has 0 aliphatic carbocycles. The van der Waals surface area contributed by atoms with Crippen molar-refractivity contribution in [2.24, 2.45) is 0 Å². The van der Waals surface area contributed by atoms with Gasteiger partial charge in [0.15, 0.2) is 6.10 Å². The third-order valence-corrected chi connectivity index (χ3v) is 1.88. The highest BCUT2D eigenvalue weighted by molar-refractivity contribution is 5.82. The van der Waals surface area contributed by atoms with Crippen LogP contribution < -0.4 is 5.32 Å². The number of aliphatic hydroxyl groups excluding tert-OH is 4. The Balaban J connectivity index is 2.70. The van der Waals surface area contributed by atoms with Crippen molar-refractivity contribution >= 4 is 5.91 Å². The van der Waals surface area contributed by atoms with Crippen LogP contribution in [0.4, 0.5) is 0 Å². The van der Waals surface area contributed by atoms with Crippen LogP contribution in [0.5, 0.6) is 0 Å². The smallest absolute Gasteiger partial charge is 0.252 e. The Morgan fingerprint density at radius 3 is 2.33 bits per heavy atom. The second-order valence-electron chi connectivity index (χ2n) is 2.72. The van der Waals surface area contributed by atoms with Crippen LogP contribution in [0.25, 0.3) is 0 Å². The van der Waals surface area contributed by atoms with E-state index in [0.29, 0.717) is 0 Å². The molecule has 0 aromatic carbocycles. The summed E-state index contributed by atoms with van der Waals surface area (Å²) in [5.41, 5.74) is 0. The Hall–Kier alpha value is -0.690. The number of rotatable bonds is 1. The summed E-state index contributed by atoms with van der Waals surface area (Å²) in [6.07, 6.45) is -4.48. The van der Waals surface area contributed by atoms with E-state index in [-0.39, 0.29) is 0 Å². The van der Waals surface area contributed by atoms with E-state index in [1.54, 1.807) is 0 Å². The van der Waals surface area contributed by atoms with Gasteiger partial charge in [-0.15, -0.1) is 0 Å². The maximum absolute atomic E-state index is 10.8. The van der Waals surface area contributed by atoms with Crippen LogP contribution in [0, 0.1) is 0 Å². The molecular weight excluding hydrogens is 166 g/mol. The zero-order chi connectivity index (χ0) is 9.30. The Labute approximate surface area is 68.4 Å². The van der Waals surface area contributed by atoms with Crippen LogP contribution in [0.3, 0.4) is 0 Å². The molecule has 1 fully saturated rings. The summed E-state index contributed by atoms with van der Waals surface area (Å²) in [4.78, 5) is 10.8. The fourth-order valence-electron chi connectivity index (χ4n) is 1.09. The minimum absolute atomic E-state index is 0.476.